The molecule has 1 aromatic carbocycles. The van der Waals surface area contributed by atoms with E-state index in [1.165, 1.54) is 6.33 Å². The van der Waals surface area contributed by atoms with E-state index in [9.17, 15) is 10.1 Å². The van der Waals surface area contributed by atoms with Crippen LogP contribution in [0, 0.1) is 10.1 Å². The fraction of sp³-hybridized carbons (Fsp3) is 0. The van der Waals surface area contributed by atoms with Crippen LogP contribution in [-0.4, -0.2) is 14.9 Å². The van der Waals surface area contributed by atoms with E-state index in [2.05, 4.69) is 9.97 Å². The lowest BCUT2D eigenvalue weighted by molar-refractivity contribution is -0.384. The van der Waals surface area contributed by atoms with Gasteiger partial charge in [-0.1, -0.05) is 35.3 Å². The Balaban J connectivity index is 2.63. The van der Waals surface area contributed by atoms with Crippen molar-refractivity contribution in [2.45, 2.75) is 0 Å². The van der Waals surface area contributed by atoms with Crippen molar-refractivity contribution in [3.63, 3.8) is 0 Å². The maximum atomic E-state index is 10.9. The van der Waals surface area contributed by atoms with Gasteiger partial charge in [-0.2, -0.15) is 0 Å². The van der Waals surface area contributed by atoms with Crippen molar-refractivity contribution in [3.05, 3.63) is 50.9 Å². The molecule has 0 N–H and O–H groups in total. The van der Waals surface area contributed by atoms with Gasteiger partial charge in [-0.3, -0.25) is 10.1 Å². The minimum Gasteiger partial charge on any atom is -0.258 e. The molecule has 1 aromatic heterocycles. The lowest BCUT2D eigenvalue weighted by atomic mass is 10.1. The molecule has 0 bridgehead atoms. The van der Waals surface area contributed by atoms with Gasteiger partial charge in [0.15, 0.2) is 5.69 Å². The van der Waals surface area contributed by atoms with Gasteiger partial charge < -0.3 is 0 Å². The number of benzene rings is 1. The molecule has 0 aliphatic rings. The van der Waals surface area contributed by atoms with Gasteiger partial charge in [-0.05, 0) is 12.1 Å². The second-order valence-electron chi connectivity index (χ2n) is 3.13. The van der Waals surface area contributed by atoms with E-state index >= 15 is 0 Å². The van der Waals surface area contributed by atoms with Crippen molar-refractivity contribution in [3.8, 4) is 11.3 Å². The lowest BCUT2D eigenvalue weighted by Crippen LogP contribution is -1.97. The third kappa shape index (κ3) is 2.35. The van der Waals surface area contributed by atoms with E-state index in [-0.39, 0.29) is 16.5 Å². The van der Waals surface area contributed by atoms with Gasteiger partial charge >= 0.3 is 5.69 Å². The molecule has 86 valence electrons. The highest BCUT2D eigenvalue weighted by molar-refractivity contribution is 6.32. The van der Waals surface area contributed by atoms with E-state index < -0.39 is 4.92 Å². The number of hydrogen-bond donors (Lipinski definition) is 0. The molecule has 1 heterocycles. The zero-order chi connectivity index (χ0) is 12.4. The molecule has 0 radical (unpaired) electrons. The Labute approximate surface area is 106 Å². The Bertz CT molecular complexity index is 572. The second kappa shape index (κ2) is 4.65. The summed E-state index contributed by atoms with van der Waals surface area (Å²) in [5.74, 6) is 0. The van der Waals surface area contributed by atoms with Gasteiger partial charge in [0.2, 0.25) is 5.15 Å². The van der Waals surface area contributed by atoms with Crippen LogP contribution in [0.1, 0.15) is 0 Å². The average Bonchev–Trinajstić information content (AvgIpc) is 2.29. The van der Waals surface area contributed by atoms with E-state index in [1.807, 2.05) is 0 Å². The summed E-state index contributed by atoms with van der Waals surface area (Å²) in [4.78, 5) is 17.8. The first-order chi connectivity index (χ1) is 8.09. The molecule has 7 heteroatoms. The van der Waals surface area contributed by atoms with Crippen molar-refractivity contribution < 1.29 is 4.92 Å². The standard InChI is InChI=1S/C10H5Cl2N3O2/c11-7-3-1-6(2-4-7)8-9(15(16)17)10(12)14-5-13-8/h1-5H. The quantitative estimate of drug-likeness (QED) is 0.476. The van der Waals surface area contributed by atoms with Crippen molar-refractivity contribution in [1.82, 2.24) is 9.97 Å². The van der Waals surface area contributed by atoms with Gasteiger partial charge in [0.25, 0.3) is 0 Å². The first kappa shape index (κ1) is 11.8. The van der Waals surface area contributed by atoms with Crippen molar-refractivity contribution >= 4 is 28.9 Å². The van der Waals surface area contributed by atoms with Crippen LogP contribution in [0.3, 0.4) is 0 Å². The minimum absolute atomic E-state index is 0.173. The topological polar surface area (TPSA) is 68.9 Å². The summed E-state index contributed by atoms with van der Waals surface area (Å²) in [5, 5.41) is 11.3. The maximum absolute atomic E-state index is 10.9. The molecule has 0 aliphatic heterocycles. The smallest absolute Gasteiger partial charge is 0.258 e. The number of aromatic nitrogens is 2. The van der Waals surface area contributed by atoms with E-state index in [0.29, 0.717) is 10.6 Å². The predicted molar refractivity (Wildman–Crippen MR) is 64.1 cm³/mol. The third-order valence-corrected chi connectivity index (χ3v) is 2.61. The molecule has 0 fully saturated rings. The van der Waals surface area contributed by atoms with E-state index in [1.54, 1.807) is 24.3 Å². The Kier molecular flexibility index (Phi) is 3.21. The largest absolute Gasteiger partial charge is 0.332 e. The van der Waals surface area contributed by atoms with E-state index in [0.717, 1.165) is 0 Å². The summed E-state index contributed by atoms with van der Waals surface area (Å²) in [7, 11) is 0. The number of halogens is 2. The van der Waals surface area contributed by atoms with Crippen LogP contribution in [0.2, 0.25) is 10.2 Å². The molecular formula is C10H5Cl2N3O2. The highest BCUT2D eigenvalue weighted by Gasteiger charge is 2.22. The molecule has 5 nitrogen and oxygen atoms in total. The second-order valence-corrected chi connectivity index (χ2v) is 3.92. The zero-order valence-electron chi connectivity index (χ0n) is 8.30. The molecule has 0 aliphatic carbocycles. The molecule has 0 saturated heterocycles. The maximum Gasteiger partial charge on any atom is 0.332 e. The van der Waals surface area contributed by atoms with E-state index in [4.69, 9.17) is 23.2 Å². The highest BCUT2D eigenvalue weighted by Crippen LogP contribution is 2.32. The monoisotopic (exact) mass is 269 g/mol. The Morgan fingerprint density at radius 3 is 2.35 bits per heavy atom. The predicted octanol–water partition coefficient (Wildman–Crippen LogP) is 3.36. The minimum atomic E-state index is -0.605. The molecule has 0 unspecified atom stereocenters. The number of rotatable bonds is 2. The number of hydrogen-bond acceptors (Lipinski definition) is 4. The Morgan fingerprint density at radius 2 is 1.76 bits per heavy atom. The van der Waals surface area contributed by atoms with Crippen LogP contribution < -0.4 is 0 Å². The molecule has 2 rings (SSSR count). The van der Waals surface area contributed by atoms with Gasteiger partial charge in [0.1, 0.15) is 6.33 Å². The summed E-state index contributed by atoms with van der Waals surface area (Å²) < 4.78 is 0. The Morgan fingerprint density at radius 1 is 1.12 bits per heavy atom. The normalized spacial score (nSPS) is 10.2. The molecule has 0 saturated carbocycles. The summed E-state index contributed by atoms with van der Waals surface area (Å²) >= 11 is 11.4. The number of nitrogens with zero attached hydrogens (tertiary/aromatic N) is 3. The fourth-order valence-corrected chi connectivity index (χ4v) is 1.67. The van der Waals surface area contributed by atoms with Gasteiger partial charge in [0.05, 0.1) is 4.92 Å². The molecule has 0 atom stereocenters. The SMILES string of the molecule is O=[N+]([O-])c1c(Cl)ncnc1-c1ccc(Cl)cc1. The zero-order valence-corrected chi connectivity index (χ0v) is 9.81. The lowest BCUT2D eigenvalue weighted by Gasteiger charge is -2.02. The van der Waals surface area contributed by atoms with Crippen LogP contribution in [0.5, 0.6) is 0 Å². The molecule has 2 aromatic rings. The van der Waals surface area contributed by atoms with Crippen LogP contribution in [-0.2, 0) is 0 Å². The van der Waals surface area contributed by atoms with Crippen LogP contribution in [0.25, 0.3) is 11.3 Å². The van der Waals surface area contributed by atoms with Crippen molar-refractivity contribution in [1.29, 1.82) is 0 Å². The third-order valence-electron chi connectivity index (χ3n) is 2.08. The van der Waals surface area contributed by atoms with Crippen molar-refractivity contribution in [2.24, 2.45) is 0 Å². The van der Waals surface area contributed by atoms with Gasteiger partial charge in [-0.15, -0.1) is 0 Å². The van der Waals surface area contributed by atoms with Crippen LogP contribution in [0.15, 0.2) is 30.6 Å². The number of nitro groups is 1. The highest BCUT2D eigenvalue weighted by atomic mass is 35.5. The summed E-state index contributed by atoms with van der Waals surface area (Å²) in [6, 6.07) is 6.51. The van der Waals surface area contributed by atoms with Crippen LogP contribution in [0.4, 0.5) is 5.69 Å². The summed E-state index contributed by atoms with van der Waals surface area (Å²) in [6.45, 7) is 0. The first-order valence-corrected chi connectivity index (χ1v) is 5.26. The fourth-order valence-electron chi connectivity index (χ4n) is 1.34. The molecular weight excluding hydrogens is 265 g/mol. The molecule has 17 heavy (non-hydrogen) atoms. The van der Waals surface area contributed by atoms with Gasteiger partial charge in [-0.25, -0.2) is 9.97 Å². The molecule has 0 spiro atoms. The summed E-state index contributed by atoms with van der Waals surface area (Å²) in [5.41, 5.74) is 0.425. The Hall–Kier alpha value is -1.72. The van der Waals surface area contributed by atoms with Gasteiger partial charge in [0, 0.05) is 10.6 Å². The first-order valence-electron chi connectivity index (χ1n) is 4.50. The van der Waals surface area contributed by atoms with Crippen molar-refractivity contribution in [2.75, 3.05) is 0 Å². The summed E-state index contributed by atoms with van der Waals surface area (Å²) in [6.07, 6.45) is 1.18. The average molecular weight is 270 g/mol. The molecule has 0 amide bonds. The van der Waals surface area contributed by atoms with Crippen LogP contribution >= 0.6 is 23.2 Å².